The summed E-state index contributed by atoms with van der Waals surface area (Å²) in [5.41, 5.74) is 2.50. The number of aromatic nitrogens is 2. The second-order valence-corrected chi connectivity index (χ2v) is 6.51. The second kappa shape index (κ2) is 8.91. The SMILES string of the molecule is O=C(COC(=O)c1ccc(Cn2cccn2)o1)Nc1ccccc1-c1ccccc1. The normalized spacial score (nSPS) is 10.5. The number of esters is 1. The van der Waals surface area contributed by atoms with Gasteiger partial charge in [-0.2, -0.15) is 5.10 Å². The molecule has 1 amide bonds. The van der Waals surface area contributed by atoms with Gasteiger partial charge in [0.05, 0.1) is 6.54 Å². The molecule has 0 spiro atoms. The van der Waals surface area contributed by atoms with Crippen LogP contribution in [0.25, 0.3) is 11.1 Å². The lowest BCUT2D eigenvalue weighted by Crippen LogP contribution is -2.21. The van der Waals surface area contributed by atoms with E-state index in [-0.39, 0.29) is 5.76 Å². The first-order valence-corrected chi connectivity index (χ1v) is 9.36. The molecule has 0 aliphatic heterocycles. The molecule has 30 heavy (non-hydrogen) atoms. The molecule has 0 aliphatic rings. The minimum Gasteiger partial charge on any atom is -0.452 e. The van der Waals surface area contributed by atoms with Crippen molar-refractivity contribution < 1.29 is 18.7 Å². The van der Waals surface area contributed by atoms with Crippen LogP contribution in [-0.4, -0.2) is 28.3 Å². The maximum absolute atomic E-state index is 12.3. The number of para-hydroxylation sites is 1. The first-order chi connectivity index (χ1) is 14.7. The first-order valence-electron chi connectivity index (χ1n) is 9.36. The molecule has 4 rings (SSSR count). The van der Waals surface area contributed by atoms with Gasteiger partial charge in [0.2, 0.25) is 5.76 Å². The van der Waals surface area contributed by atoms with Gasteiger partial charge < -0.3 is 14.5 Å². The van der Waals surface area contributed by atoms with Gasteiger partial charge in [-0.25, -0.2) is 4.79 Å². The van der Waals surface area contributed by atoms with E-state index in [1.165, 1.54) is 6.07 Å². The van der Waals surface area contributed by atoms with E-state index >= 15 is 0 Å². The molecule has 0 fully saturated rings. The summed E-state index contributed by atoms with van der Waals surface area (Å²) >= 11 is 0. The van der Waals surface area contributed by atoms with E-state index in [0.29, 0.717) is 18.0 Å². The van der Waals surface area contributed by atoms with E-state index in [2.05, 4.69) is 10.4 Å². The molecular formula is C23H19N3O4. The van der Waals surface area contributed by atoms with E-state index in [0.717, 1.165) is 11.1 Å². The molecule has 2 heterocycles. The average Bonchev–Trinajstić information content (AvgIpc) is 3.46. The Hall–Kier alpha value is -4.13. The second-order valence-electron chi connectivity index (χ2n) is 6.51. The van der Waals surface area contributed by atoms with Crippen molar-refractivity contribution in [1.82, 2.24) is 9.78 Å². The van der Waals surface area contributed by atoms with Crippen LogP contribution >= 0.6 is 0 Å². The summed E-state index contributed by atoms with van der Waals surface area (Å²) in [5, 5.41) is 6.87. The third-order valence-corrected chi connectivity index (χ3v) is 4.36. The molecule has 0 atom stereocenters. The van der Waals surface area contributed by atoms with Crippen molar-refractivity contribution in [1.29, 1.82) is 0 Å². The minimum atomic E-state index is -0.701. The van der Waals surface area contributed by atoms with Crippen molar-refractivity contribution in [2.45, 2.75) is 6.54 Å². The number of carbonyl (C=O) groups is 2. The number of anilines is 1. The lowest BCUT2D eigenvalue weighted by atomic mass is 10.0. The highest BCUT2D eigenvalue weighted by molar-refractivity contribution is 5.97. The van der Waals surface area contributed by atoms with Gasteiger partial charge in [0, 0.05) is 23.6 Å². The van der Waals surface area contributed by atoms with Gasteiger partial charge >= 0.3 is 5.97 Å². The number of furan rings is 1. The highest BCUT2D eigenvalue weighted by Gasteiger charge is 2.16. The Kier molecular flexibility index (Phi) is 5.70. The van der Waals surface area contributed by atoms with E-state index in [1.807, 2.05) is 48.5 Å². The van der Waals surface area contributed by atoms with Crippen molar-refractivity contribution in [2.75, 3.05) is 11.9 Å². The fourth-order valence-corrected chi connectivity index (χ4v) is 2.98. The van der Waals surface area contributed by atoms with Crippen LogP contribution < -0.4 is 5.32 Å². The number of nitrogens with one attached hydrogen (secondary N) is 1. The highest BCUT2D eigenvalue weighted by Crippen LogP contribution is 2.27. The quantitative estimate of drug-likeness (QED) is 0.473. The van der Waals surface area contributed by atoms with Crippen LogP contribution in [0.4, 0.5) is 5.69 Å². The van der Waals surface area contributed by atoms with Gasteiger partial charge in [-0.05, 0) is 29.8 Å². The molecule has 0 bridgehead atoms. The van der Waals surface area contributed by atoms with Crippen LogP contribution in [-0.2, 0) is 16.1 Å². The molecule has 150 valence electrons. The Morgan fingerprint density at radius 1 is 0.967 bits per heavy atom. The third kappa shape index (κ3) is 4.64. The van der Waals surface area contributed by atoms with Crippen molar-refractivity contribution in [3.8, 4) is 11.1 Å². The molecular weight excluding hydrogens is 382 g/mol. The first kappa shape index (κ1) is 19.2. The van der Waals surface area contributed by atoms with Crippen molar-refractivity contribution in [3.05, 3.63) is 96.7 Å². The number of nitrogens with zero attached hydrogens (tertiary/aromatic N) is 2. The Morgan fingerprint density at radius 3 is 2.57 bits per heavy atom. The van der Waals surface area contributed by atoms with Gasteiger partial charge in [-0.15, -0.1) is 0 Å². The summed E-state index contributed by atoms with van der Waals surface area (Å²) in [5.74, 6) is -0.537. The number of amides is 1. The van der Waals surface area contributed by atoms with Crippen LogP contribution in [0.15, 0.2) is 89.6 Å². The zero-order valence-electron chi connectivity index (χ0n) is 16.0. The summed E-state index contributed by atoms with van der Waals surface area (Å²) in [6, 6.07) is 22.2. The summed E-state index contributed by atoms with van der Waals surface area (Å²) in [6.07, 6.45) is 3.45. The Bertz CT molecular complexity index is 1130. The highest BCUT2D eigenvalue weighted by atomic mass is 16.5. The average molecular weight is 401 g/mol. The number of rotatable bonds is 7. The van der Waals surface area contributed by atoms with Crippen LogP contribution in [0.1, 0.15) is 16.3 Å². The molecule has 0 saturated heterocycles. The van der Waals surface area contributed by atoms with Crippen LogP contribution in [0.3, 0.4) is 0 Å². The monoisotopic (exact) mass is 401 g/mol. The van der Waals surface area contributed by atoms with E-state index in [1.54, 1.807) is 35.3 Å². The largest absolute Gasteiger partial charge is 0.452 e. The van der Waals surface area contributed by atoms with Gasteiger partial charge in [-0.3, -0.25) is 9.48 Å². The van der Waals surface area contributed by atoms with Crippen molar-refractivity contribution in [2.24, 2.45) is 0 Å². The maximum atomic E-state index is 12.3. The molecule has 0 radical (unpaired) electrons. The van der Waals surface area contributed by atoms with E-state index < -0.39 is 18.5 Å². The Morgan fingerprint density at radius 2 is 1.77 bits per heavy atom. The Labute approximate surface area is 172 Å². The van der Waals surface area contributed by atoms with Crippen LogP contribution in [0, 0.1) is 0 Å². The minimum absolute atomic E-state index is 0.0367. The summed E-state index contributed by atoms with van der Waals surface area (Å²) in [7, 11) is 0. The predicted molar refractivity (Wildman–Crippen MR) is 111 cm³/mol. The summed E-state index contributed by atoms with van der Waals surface area (Å²) in [4.78, 5) is 24.5. The molecule has 2 aromatic heterocycles. The molecule has 2 aromatic carbocycles. The van der Waals surface area contributed by atoms with Crippen molar-refractivity contribution in [3.63, 3.8) is 0 Å². The van der Waals surface area contributed by atoms with Crippen LogP contribution in [0.2, 0.25) is 0 Å². The zero-order valence-corrected chi connectivity index (χ0v) is 16.0. The smallest absolute Gasteiger partial charge is 0.374 e. The van der Waals surface area contributed by atoms with Gasteiger partial charge in [-0.1, -0.05) is 48.5 Å². The number of hydrogen-bond donors (Lipinski definition) is 1. The fraction of sp³-hybridized carbons (Fsp3) is 0.0870. The summed E-state index contributed by atoms with van der Waals surface area (Å²) in [6.45, 7) is -0.0197. The fourth-order valence-electron chi connectivity index (χ4n) is 2.98. The lowest BCUT2D eigenvalue weighted by Gasteiger charge is -2.11. The third-order valence-electron chi connectivity index (χ3n) is 4.36. The maximum Gasteiger partial charge on any atom is 0.374 e. The predicted octanol–water partition coefficient (Wildman–Crippen LogP) is 3.99. The number of hydrogen-bond acceptors (Lipinski definition) is 5. The topological polar surface area (TPSA) is 86.4 Å². The molecule has 0 unspecified atom stereocenters. The zero-order chi connectivity index (χ0) is 20.8. The number of ether oxygens (including phenoxy) is 1. The van der Waals surface area contributed by atoms with E-state index in [4.69, 9.17) is 9.15 Å². The van der Waals surface area contributed by atoms with E-state index in [9.17, 15) is 9.59 Å². The number of benzene rings is 2. The molecule has 0 saturated carbocycles. The molecule has 1 N–H and O–H groups in total. The van der Waals surface area contributed by atoms with Gasteiger partial charge in [0.15, 0.2) is 6.61 Å². The Balaban J connectivity index is 1.34. The number of carbonyl (C=O) groups excluding carboxylic acids is 2. The van der Waals surface area contributed by atoms with Crippen molar-refractivity contribution >= 4 is 17.6 Å². The van der Waals surface area contributed by atoms with Crippen LogP contribution in [0.5, 0.6) is 0 Å². The lowest BCUT2D eigenvalue weighted by molar-refractivity contribution is -0.119. The molecule has 0 aliphatic carbocycles. The van der Waals surface area contributed by atoms with Gasteiger partial charge in [0.1, 0.15) is 5.76 Å². The summed E-state index contributed by atoms with van der Waals surface area (Å²) < 4.78 is 12.2. The molecule has 4 aromatic rings. The van der Waals surface area contributed by atoms with Gasteiger partial charge in [0.25, 0.3) is 5.91 Å². The molecule has 7 heteroatoms. The standard InChI is InChI=1S/C23H19N3O4/c27-22(25-20-10-5-4-9-19(20)17-7-2-1-3-8-17)16-29-23(28)21-12-11-18(30-21)15-26-14-6-13-24-26/h1-14H,15-16H2,(H,25,27). The molecule has 7 nitrogen and oxygen atoms in total.